The molecule has 0 aliphatic carbocycles. The lowest BCUT2D eigenvalue weighted by Crippen LogP contribution is -2.11. The fourth-order valence-corrected chi connectivity index (χ4v) is 1.01. The van der Waals surface area contributed by atoms with Crippen molar-refractivity contribution in [2.45, 2.75) is 13.5 Å². The molecule has 74 valence electrons. The lowest BCUT2D eigenvalue weighted by Gasteiger charge is -1.98. The van der Waals surface area contributed by atoms with Crippen LogP contribution in [0.5, 0.6) is 0 Å². The first-order valence-electron chi connectivity index (χ1n) is 4.37. The van der Waals surface area contributed by atoms with Crippen LogP contribution in [-0.4, -0.2) is 18.8 Å². The Morgan fingerprint density at radius 3 is 2.57 bits per heavy atom. The molecular formula is C11H13NO2. The molecule has 0 aromatic heterocycles. The maximum atomic E-state index is 11.0. The second-order valence-corrected chi connectivity index (χ2v) is 2.88. The highest BCUT2D eigenvalue weighted by Gasteiger charge is 2.03. The predicted octanol–water partition coefficient (Wildman–Crippen LogP) is 1.82. The van der Waals surface area contributed by atoms with Crippen molar-refractivity contribution in [2.75, 3.05) is 7.11 Å². The molecule has 1 aromatic rings. The van der Waals surface area contributed by atoms with Crippen LogP contribution in [0.3, 0.4) is 0 Å². The molecule has 0 aliphatic heterocycles. The van der Waals surface area contributed by atoms with Crippen LogP contribution in [-0.2, 0) is 16.1 Å². The molecule has 3 heteroatoms. The molecule has 0 spiro atoms. The van der Waals surface area contributed by atoms with Gasteiger partial charge in [0, 0.05) is 0 Å². The summed E-state index contributed by atoms with van der Waals surface area (Å²) in [6.45, 7) is 2.16. The highest BCUT2D eigenvalue weighted by Crippen LogP contribution is 2.00. The Morgan fingerprint density at radius 1 is 1.36 bits per heavy atom. The Kier molecular flexibility index (Phi) is 3.85. The minimum absolute atomic E-state index is 0.374. The summed E-state index contributed by atoms with van der Waals surface area (Å²) in [4.78, 5) is 15.1. The highest BCUT2D eigenvalue weighted by molar-refractivity contribution is 6.35. The van der Waals surface area contributed by atoms with Gasteiger partial charge in [-0.05, 0) is 12.5 Å². The fourth-order valence-electron chi connectivity index (χ4n) is 1.01. The van der Waals surface area contributed by atoms with Crippen molar-refractivity contribution < 1.29 is 9.53 Å². The number of ether oxygens (including phenoxy) is 1. The summed E-state index contributed by atoms with van der Waals surface area (Å²) in [6, 6.07) is 9.76. The van der Waals surface area contributed by atoms with Crippen LogP contribution >= 0.6 is 0 Å². The van der Waals surface area contributed by atoms with E-state index in [1.54, 1.807) is 6.92 Å². The van der Waals surface area contributed by atoms with Gasteiger partial charge >= 0.3 is 5.97 Å². The monoisotopic (exact) mass is 191 g/mol. The molecule has 3 nitrogen and oxygen atoms in total. The number of esters is 1. The van der Waals surface area contributed by atoms with Gasteiger partial charge in [-0.2, -0.15) is 0 Å². The average molecular weight is 191 g/mol. The number of carbonyl (C=O) groups excluding carboxylic acids is 1. The lowest BCUT2D eigenvalue weighted by atomic mass is 10.2. The maximum absolute atomic E-state index is 11.0. The smallest absolute Gasteiger partial charge is 0.351 e. The van der Waals surface area contributed by atoms with Crippen LogP contribution < -0.4 is 0 Å². The van der Waals surface area contributed by atoms with Crippen LogP contribution in [0.1, 0.15) is 12.5 Å². The van der Waals surface area contributed by atoms with E-state index < -0.39 is 0 Å². The molecule has 0 aliphatic rings. The van der Waals surface area contributed by atoms with E-state index in [1.165, 1.54) is 7.11 Å². The minimum Gasteiger partial charge on any atom is -0.465 e. The van der Waals surface area contributed by atoms with Crippen LogP contribution in [0.25, 0.3) is 0 Å². The Balaban J connectivity index is 2.59. The summed E-state index contributed by atoms with van der Waals surface area (Å²) in [6.07, 6.45) is 0. The molecule has 1 rings (SSSR count). The summed E-state index contributed by atoms with van der Waals surface area (Å²) < 4.78 is 4.53. The van der Waals surface area contributed by atoms with E-state index >= 15 is 0 Å². The number of benzene rings is 1. The molecule has 0 fully saturated rings. The van der Waals surface area contributed by atoms with Crippen molar-refractivity contribution in [3.63, 3.8) is 0 Å². The summed E-state index contributed by atoms with van der Waals surface area (Å²) in [7, 11) is 1.35. The van der Waals surface area contributed by atoms with Gasteiger partial charge in [-0.25, -0.2) is 4.79 Å². The molecule has 0 heterocycles. The number of hydrogen-bond acceptors (Lipinski definition) is 3. The van der Waals surface area contributed by atoms with Crippen molar-refractivity contribution >= 4 is 11.7 Å². The second-order valence-electron chi connectivity index (χ2n) is 2.88. The number of hydrogen-bond donors (Lipinski definition) is 0. The Bertz CT molecular complexity index is 330. The van der Waals surface area contributed by atoms with Crippen LogP contribution in [0, 0.1) is 0 Å². The third-order valence-electron chi connectivity index (χ3n) is 1.82. The zero-order chi connectivity index (χ0) is 10.4. The first-order chi connectivity index (χ1) is 6.74. The number of rotatable bonds is 3. The number of aliphatic imine (C=N–C) groups is 1. The first kappa shape index (κ1) is 10.4. The molecule has 0 saturated heterocycles. The molecular weight excluding hydrogens is 178 g/mol. The quantitative estimate of drug-likeness (QED) is 0.540. The Labute approximate surface area is 83.4 Å². The van der Waals surface area contributed by atoms with Crippen molar-refractivity contribution in [2.24, 2.45) is 4.99 Å². The molecule has 0 saturated carbocycles. The van der Waals surface area contributed by atoms with Crippen molar-refractivity contribution in [1.29, 1.82) is 0 Å². The zero-order valence-corrected chi connectivity index (χ0v) is 8.36. The summed E-state index contributed by atoms with van der Waals surface area (Å²) >= 11 is 0. The molecule has 0 unspecified atom stereocenters. The van der Waals surface area contributed by atoms with Crippen molar-refractivity contribution in [3.05, 3.63) is 35.9 Å². The van der Waals surface area contributed by atoms with Crippen LogP contribution in [0.4, 0.5) is 0 Å². The van der Waals surface area contributed by atoms with E-state index in [9.17, 15) is 4.79 Å². The highest BCUT2D eigenvalue weighted by atomic mass is 16.5. The van der Waals surface area contributed by atoms with Gasteiger partial charge < -0.3 is 4.74 Å². The van der Waals surface area contributed by atoms with E-state index in [-0.39, 0.29) is 5.97 Å². The number of nitrogens with zero attached hydrogens (tertiary/aromatic N) is 1. The SMILES string of the molecule is COC(=O)C(C)=NCc1ccccc1. The van der Waals surface area contributed by atoms with Gasteiger partial charge in [-0.1, -0.05) is 30.3 Å². The van der Waals surface area contributed by atoms with Gasteiger partial charge in [0.15, 0.2) is 0 Å². The molecule has 14 heavy (non-hydrogen) atoms. The minimum atomic E-state index is -0.374. The average Bonchev–Trinajstić information content (AvgIpc) is 2.26. The molecule has 0 atom stereocenters. The van der Waals surface area contributed by atoms with Gasteiger partial charge in [0.1, 0.15) is 5.71 Å². The van der Waals surface area contributed by atoms with Gasteiger partial charge in [-0.3, -0.25) is 4.99 Å². The zero-order valence-electron chi connectivity index (χ0n) is 8.36. The third-order valence-corrected chi connectivity index (χ3v) is 1.82. The Morgan fingerprint density at radius 2 is 2.00 bits per heavy atom. The molecule has 0 bridgehead atoms. The van der Waals surface area contributed by atoms with Gasteiger partial charge in [-0.15, -0.1) is 0 Å². The third kappa shape index (κ3) is 3.01. The summed E-state index contributed by atoms with van der Waals surface area (Å²) in [5.41, 5.74) is 1.48. The van der Waals surface area contributed by atoms with E-state index in [0.717, 1.165) is 5.56 Å². The fraction of sp³-hybridized carbons (Fsp3) is 0.273. The van der Waals surface area contributed by atoms with Crippen molar-refractivity contribution in [1.82, 2.24) is 0 Å². The number of carbonyl (C=O) groups is 1. The van der Waals surface area contributed by atoms with E-state index in [1.807, 2.05) is 30.3 Å². The molecule has 0 radical (unpaired) electrons. The maximum Gasteiger partial charge on any atom is 0.351 e. The van der Waals surface area contributed by atoms with Crippen LogP contribution in [0.2, 0.25) is 0 Å². The standard InChI is InChI=1S/C11H13NO2/c1-9(11(13)14-2)12-8-10-6-4-3-5-7-10/h3-7H,8H2,1-2H3. The van der Waals surface area contributed by atoms with E-state index in [2.05, 4.69) is 9.73 Å². The van der Waals surface area contributed by atoms with E-state index in [0.29, 0.717) is 12.3 Å². The van der Waals surface area contributed by atoms with Gasteiger partial charge in [0.25, 0.3) is 0 Å². The normalized spacial score (nSPS) is 11.1. The summed E-state index contributed by atoms with van der Waals surface area (Å²) in [5, 5.41) is 0. The lowest BCUT2D eigenvalue weighted by molar-refractivity contribution is -0.132. The topological polar surface area (TPSA) is 38.7 Å². The number of methoxy groups -OCH3 is 1. The van der Waals surface area contributed by atoms with Gasteiger partial charge in [0.2, 0.25) is 0 Å². The predicted molar refractivity (Wildman–Crippen MR) is 55.3 cm³/mol. The second kappa shape index (κ2) is 5.17. The van der Waals surface area contributed by atoms with Gasteiger partial charge in [0.05, 0.1) is 13.7 Å². The largest absolute Gasteiger partial charge is 0.465 e. The molecule has 0 N–H and O–H groups in total. The van der Waals surface area contributed by atoms with Crippen molar-refractivity contribution in [3.8, 4) is 0 Å². The molecule has 1 aromatic carbocycles. The first-order valence-corrected chi connectivity index (χ1v) is 4.37. The van der Waals surface area contributed by atoms with Crippen LogP contribution in [0.15, 0.2) is 35.3 Å². The molecule has 0 amide bonds. The van der Waals surface area contributed by atoms with E-state index in [4.69, 9.17) is 0 Å². The Hall–Kier alpha value is -1.64. The summed E-state index contributed by atoms with van der Waals surface area (Å²) in [5.74, 6) is -0.374.